The summed E-state index contributed by atoms with van der Waals surface area (Å²) in [5.74, 6) is -0.327. The Hall–Kier alpha value is -2.16. The van der Waals surface area contributed by atoms with Crippen LogP contribution in [-0.4, -0.2) is 70.5 Å². The zero-order valence-corrected chi connectivity index (χ0v) is 28.0. The van der Waals surface area contributed by atoms with Crippen molar-refractivity contribution in [1.29, 1.82) is 0 Å². The number of fused-ring (bicyclic) bond motifs is 2. The molecule has 5 N–H and O–H groups in total. The van der Waals surface area contributed by atoms with Crippen LogP contribution in [0.2, 0.25) is 0 Å². The molecule has 0 bridgehead atoms. The molecule has 0 radical (unpaired) electrons. The number of thiazole rings is 1. The van der Waals surface area contributed by atoms with Gasteiger partial charge in [0.15, 0.2) is 23.3 Å². The number of imidazole rings is 1. The van der Waals surface area contributed by atoms with E-state index < -0.39 is 50.3 Å². The Balaban J connectivity index is 1.18. The zero-order chi connectivity index (χ0) is 32.3. The average Bonchev–Trinajstić information content (AvgIpc) is 3.71. The molecular weight excluding hydrogens is 692 g/mol. The lowest BCUT2D eigenvalue weighted by molar-refractivity contribution is -0.0466. The third kappa shape index (κ3) is 6.66. The van der Waals surface area contributed by atoms with E-state index in [0.29, 0.717) is 27.9 Å². The maximum Gasteiger partial charge on any atom is 0.386 e. The van der Waals surface area contributed by atoms with Crippen LogP contribution in [0.4, 0.5) is 11.6 Å². The predicted octanol–water partition coefficient (Wildman–Crippen LogP) is 2.80. The van der Waals surface area contributed by atoms with Crippen LogP contribution in [-0.2, 0) is 32.2 Å². The highest BCUT2D eigenvalue weighted by molar-refractivity contribution is 8.44. The second-order valence-corrected chi connectivity index (χ2v) is 17.2. The summed E-state index contributed by atoms with van der Waals surface area (Å²) in [5, 5.41) is 0. The average molecular weight is 722 g/mol. The molecule has 18 nitrogen and oxygen atoms in total. The lowest BCUT2D eigenvalue weighted by Gasteiger charge is -2.26. The van der Waals surface area contributed by atoms with Gasteiger partial charge >= 0.3 is 18.5 Å². The number of anilines is 2. The van der Waals surface area contributed by atoms with Crippen molar-refractivity contribution in [2.24, 2.45) is 11.8 Å². The number of nitrogens with two attached hydrogens (primary N) is 2. The zero-order valence-electron chi connectivity index (χ0n) is 23.6. The molecule has 4 aromatic rings. The van der Waals surface area contributed by atoms with Crippen molar-refractivity contribution in [2.45, 2.75) is 51.0 Å². The molecule has 6 rings (SSSR count). The standard InChI is InChI=1S/C22H29N9O9P2S3/c1-9-3-13(31-20-16(45-22(31)32)18(24)26-7-28-20)38-11(9)4-37-42(35,44)40-15-10(2)12(5-36-41(33,34)43)39-21(15)30-8-29-14-17(23)25-6-27-19(14)30/h6-13,15,21H,3-5H2,1-2H3,(H,35,44)(H2,23,25,27)(H2,24,26,28)(H2,33,34,43)/t9?,10?,11?,12-,13-,15?,21-,42+/m1/s1. The van der Waals surface area contributed by atoms with Crippen molar-refractivity contribution in [1.82, 2.24) is 34.1 Å². The Morgan fingerprint density at radius 1 is 1.02 bits per heavy atom. The van der Waals surface area contributed by atoms with E-state index >= 15 is 0 Å². The van der Waals surface area contributed by atoms with Gasteiger partial charge in [-0.15, -0.1) is 0 Å². The maximum atomic E-state index is 13.6. The third-order valence-corrected chi connectivity index (χ3v) is 11.1. The molecule has 0 aliphatic carbocycles. The number of ether oxygens (including phenoxy) is 2. The lowest BCUT2D eigenvalue weighted by Crippen LogP contribution is -2.28. The van der Waals surface area contributed by atoms with Gasteiger partial charge in [-0.25, -0.2) is 34.0 Å². The number of hydrogen-bond donors (Lipinski definition) is 5. The summed E-state index contributed by atoms with van der Waals surface area (Å²) in [4.78, 5) is 42.6. The van der Waals surface area contributed by atoms with Gasteiger partial charge in [0.25, 0.3) is 0 Å². The number of rotatable bonds is 10. The van der Waals surface area contributed by atoms with E-state index in [9.17, 15) is 18.8 Å². The predicted molar refractivity (Wildman–Crippen MR) is 169 cm³/mol. The van der Waals surface area contributed by atoms with Crippen molar-refractivity contribution in [3.05, 3.63) is 28.6 Å². The maximum absolute atomic E-state index is 13.6. The van der Waals surface area contributed by atoms with Crippen LogP contribution in [0.25, 0.3) is 21.5 Å². The molecule has 6 heterocycles. The monoisotopic (exact) mass is 721 g/mol. The SMILES string of the molecule is CC1C[C@H](n2c(=O)sc3c(N)ncnc32)OC1CO[P@](=O)(S)OC1C(C)[C@@H](COP(=O)(O)S)O[C@H]1n1cnc2c(N)ncnc21. The first-order valence-corrected chi connectivity index (χ1v) is 19.7. The summed E-state index contributed by atoms with van der Waals surface area (Å²) in [5.41, 5.74) is 12.8. The van der Waals surface area contributed by atoms with Crippen molar-refractivity contribution in [3.63, 3.8) is 0 Å². The molecule has 4 aromatic heterocycles. The largest absolute Gasteiger partial charge is 0.386 e. The summed E-state index contributed by atoms with van der Waals surface area (Å²) in [6.07, 6.45) is 0.404. The molecule has 2 saturated heterocycles. The smallest absolute Gasteiger partial charge is 0.382 e. The molecule has 23 heteroatoms. The summed E-state index contributed by atoms with van der Waals surface area (Å²) >= 11 is 8.72. The first-order chi connectivity index (χ1) is 21.2. The van der Waals surface area contributed by atoms with Crippen molar-refractivity contribution >= 4 is 82.6 Å². The minimum Gasteiger partial charge on any atom is -0.382 e. The van der Waals surface area contributed by atoms with E-state index in [4.69, 9.17) is 34.5 Å². The van der Waals surface area contributed by atoms with Crippen LogP contribution in [0.5, 0.6) is 0 Å². The van der Waals surface area contributed by atoms with Gasteiger partial charge < -0.3 is 25.8 Å². The van der Waals surface area contributed by atoms with Crippen LogP contribution < -0.4 is 16.3 Å². The molecule has 2 fully saturated rings. The van der Waals surface area contributed by atoms with E-state index in [1.54, 1.807) is 6.92 Å². The minimum atomic E-state index is -4.13. The van der Waals surface area contributed by atoms with Gasteiger partial charge in [0.1, 0.15) is 41.0 Å². The van der Waals surface area contributed by atoms with Crippen molar-refractivity contribution < 1.29 is 37.1 Å². The van der Waals surface area contributed by atoms with Gasteiger partial charge in [-0.1, -0.05) is 49.7 Å². The molecule has 0 saturated carbocycles. The fraction of sp³-hybridized carbons (Fsp3) is 0.545. The molecule has 244 valence electrons. The molecule has 45 heavy (non-hydrogen) atoms. The summed E-state index contributed by atoms with van der Waals surface area (Å²) in [6, 6.07) is 0. The van der Waals surface area contributed by atoms with E-state index in [1.807, 2.05) is 6.92 Å². The van der Waals surface area contributed by atoms with E-state index in [1.165, 1.54) is 28.1 Å². The number of thiol groups is 2. The number of nitrogens with zero attached hydrogens (tertiary/aromatic N) is 7. The molecule has 9 atom stereocenters. The Morgan fingerprint density at radius 2 is 1.71 bits per heavy atom. The second kappa shape index (κ2) is 12.5. The van der Waals surface area contributed by atoms with E-state index in [2.05, 4.69) is 49.4 Å². The molecule has 5 unspecified atom stereocenters. The number of aromatic nitrogens is 7. The van der Waals surface area contributed by atoms with Crippen LogP contribution in [0, 0.1) is 11.8 Å². The van der Waals surface area contributed by atoms with Gasteiger partial charge in [0, 0.05) is 5.92 Å². The topological polar surface area (TPSA) is 244 Å². The van der Waals surface area contributed by atoms with Crippen molar-refractivity contribution in [2.75, 3.05) is 24.7 Å². The fourth-order valence-electron chi connectivity index (χ4n) is 5.35. The molecule has 0 aromatic carbocycles. The van der Waals surface area contributed by atoms with Gasteiger partial charge in [0.2, 0.25) is 0 Å². The first kappa shape index (κ1) is 32.8. The molecule has 2 aliphatic heterocycles. The first-order valence-electron chi connectivity index (χ1n) is 13.4. The van der Waals surface area contributed by atoms with Crippen molar-refractivity contribution in [3.8, 4) is 0 Å². The van der Waals surface area contributed by atoms with E-state index in [-0.39, 0.29) is 35.6 Å². The number of nitrogen functional groups attached to an aromatic ring is 2. The van der Waals surface area contributed by atoms with Gasteiger partial charge in [0.05, 0.1) is 31.7 Å². The Morgan fingerprint density at radius 3 is 2.44 bits per heavy atom. The molecule has 2 aliphatic rings. The van der Waals surface area contributed by atoms with Crippen LogP contribution in [0.3, 0.4) is 0 Å². The highest BCUT2D eigenvalue weighted by atomic mass is 32.7. The molecular formula is C22H29N9O9P2S3. The molecule has 0 spiro atoms. The third-order valence-electron chi connectivity index (χ3n) is 7.68. The highest BCUT2D eigenvalue weighted by Gasteiger charge is 2.48. The van der Waals surface area contributed by atoms with Crippen LogP contribution >= 0.6 is 49.4 Å². The quantitative estimate of drug-likeness (QED) is 0.117. The normalized spacial score (nSPS) is 29.8. The van der Waals surface area contributed by atoms with E-state index in [0.717, 1.165) is 11.3 Å². The minimum absolute atomic E-state index is 0.106. The number of hydrogen-bond acceptors (Lipinski definition) is 16. The molecule has 0 amide bonds. The Labute approximate surface area is 269 Å². The van der Waals surface area contributed by atoms with Crippen LogP contribution in [0.15, 0.2) is 23.8 Å². The second-order valence-electron chi connectivity index (χ2n) is 10.6. The van der Waals surface area contributed by atoms with Gasteiger partial charge in [-0.05, 0) is 12.3 Å². The van der Waals surface area contributed by atoms with Gasteiger partial charge in [-0.3, -0.25) is 27.5 Å². The summed E-state index contributed by atoms with van der Waals surface area (Å²) < 4.78 is 57.7. The van der Waals surface area contributed by atoms with Crippen LogP contribution in [0.1, 0.15) is 32.7 Å². The highest BCUT2D eigenvalue weighted by Crippen LogP contribution is 2.58. The Kier molecular flexibility index (Phi) is 9.07. The van der Waals surface area contributed by atoms with Gasteiger partial charge in [-0.2, -0.15) is 0 Å². The summed E-state index contributed by atoms with van der Waals surface area (Å²) in [7, 11) is 0. The Bertz CT molecular complexity index is 1890. The summed E-state index contributed by atoms with van der Waals surface area (Å²) in [6.45, 7) is -5.08. The fourth-order valence-corrected chi connectivity index (χ4v) is 8.29. The lowest BCUT2D eigenvalue weighted by atomic mass is 10.0.